The van der Waals surface area contributed by atoms with Gasteiger partial charge in [0.05, 0.1) is 0 Å². The van der Waals surface area contributed by atoms with Crippen molar-refractivity contribution in [1.29, 1.82) is 0 Å². The molecule has 3 amide bonds. The van der Waals surface area contributed by atoms with E-state index >= 15 is 0 Å². The van der Waals surface area contributed by atoms with E-state index in [1.807, 2.05) is 42.5 Å². The van der Waals surface area contributed by atoms with Crippen molar-refractivity contribution in [3.63, 3.8) is 0 Å². The van der Waals surface area contributed by atoms with Crippen molar-refractivity contribution in [2.75, 3.05) is 13.2 Å². The lowest BCUT2D eigenvalue weighted by Gasteiger charge is -2.15. The van der Waals surface area contributed by atoms with E-state index in [0.29, 0.717) is 5.56 Å². The lowest BCUT2D eigenvalue weighted by Crippen LogP contribution is -2.40. The molecule has 7 heteroatoms. The van der Waals surface area contributed by atoms with E-state index in [9.17, 15) is 19.2 Å². The molecule has 0 radical (unpaired) electrons. The Labute approximate surface area is 175 Å². The number of carbonyl (C=O) groups excluding carboxylic acids is 4. The highest BCUT2D eigenvalue weighted by Crippen LogP contribution is 2.20. The summed E-state index contributed by atoms with van der Waals surface area (Å²) in [5, 5.41) is 2.58. The van der Waals surface area contributed by atoms with Crippen LogP contribution in [0.1, 0.15) is 37.0 Å². The lowest BCUT2D eigenvalue weighted by molar-refractivity contribution is -0.143. The number of ketones is 1. The van der Waals surface area contributed by atoms with Crippen molar-refractivity contribution < 1.29 is 23.9 Å². The van der Waals surface area contributed by atoms with Crippen LogP contribution in [0.2, 0.25) is 0 Å². The van der Waals surface area contributed by atoms with Crippen molar-refractivity contribution in [3.8, 4) is 11.1 Å². The van der Waals surface area contributed by atoms with E-state index in [-0.39, 0.29) is 37.7 Å². The molecule has 0 aromatic heterocycles. The number of nitrogens with zero attached hydrogens (tertiary/aromatic N) is 1. The third kappa shape index (κ3) is 4.92. The van der Waals surface area contributed by atoms with Gasteiger partial charge in [-0.05, 0) is 31.4 Å². The minimum Gasteiger partial charge on any atom is -0.457 e. The summed E-state index contributed by atoms with van der Waals surface area (Å²) in [5.41, 5.74) is 1.58. The number of ether oxygens (including phenoxy) is 1. The van der Waals surface area contributed by atoms with Crippen molar-refractivity contribution in [2.45, 2.75) is 32.2 Å². The highest BCUT2D eigenvalue weighted by atomic mass is 16.5. The van der Waals surface area contributed by atoms with Gasteiger partial charge < -0.3 is 10.1 Å². The third-order valence-electron chi connectivity index (χ3n) is 4.89. The van der Waals surface area contributed by atoms with Crippen LogP contribution in [-0.4, -0.2) is 47.3 Å². The monoisotopic (exact) mass is 408 g/mol. The molecule has 2 aromatic rings. The van der Waals surface area contributed by atoms with Gasteiger partial charge in [-0.3, -0.25) is 19.3 Å². The second kappa shape index (κ2) is 8.90. The SMILES string of the molecule is CC1(C)NC(=O)N(CCCC(=O)OCC(=O)c2ccc(-c3ccccc3)cc2)C1=O. The van der Waals surface area contributed by atoms with Gasteiger partial charge in [0.25, 0.3) is 5.91 Å². The molecule has 1 N–H and O–H groups in total. The van der Waals surface area contributed by atoms with Crippen LogP contribution in [0.15, 0.2) is 54.6 Å². The normalized spacial score (nSPS) is 15.1. The minimum absolute atomic E-state index is 0.0116. The first-order valence-electron chi connectivity index (χ1n) is 9.76. The van der Waals surface area contributed by atoms with Crippen LogP contribution in [-0.2, 0) is 14.3 Å². The second-order valence-electron chi connectivity index (χ2n) is 7.64. The fraction of sp³-hybridized carbons (Fsp3) is 0.304. The van der Waals surface area contributed by atoms with E-state index in [1.165, 1.54) is 0 Å². The highest BCUT2D eigenvalue weighted by Gasteiger charge is 2.43. The number of benzene rings is 2. The van der Waals surface area contributed by atoms with Crippen LogP contribution in [0.25, 0.3) is 11.1 Å². The Morgan fingerprint density at radius 2 is 1.60 bits per heavy atom. The summed E-state index contributed by atoms with van der Waals surface area (Å²) in [5.74, 6) is -1.16. The molecule has 0 saturated carbocycles. The maximum atomic E-state index is 12.3. The van der Waals surface area contributed by atoms with Gasteiger partial charge in [-0.1, -0.05) is 54.6 Å². The number of urea groups is 1. The Morgan fingerprint density at radius 1 is 0.967 bits per heavy atom. The number of Topliss-reactive ketones (excluding diaryl/α,β-unsaturated/α-hetero) is 1. The maximum absolute atomic E-state index is 12.3. The Bertz CT molecular complexity index is 951. The molecule has 156 valence electrons. The zero-order valence-electron chi connectivity index (χ0n) is 17.0. The Balaban J connectivity index is 1.43. The number of amides is 3. The average Bonchev–Trinajstić information content (AvgIpc) is 2.94. The van der Waals surface area contributed by atoms with E-state index in [0.717, 1.165) is 16.0 Å². The van der Waals surface area contributed by atoms with Gasteiger partial charge in [0.15, 0.2) is 12.4 Å². The van der Waals surface area contributed by atoms with Crippen molar-refractivity contribution in [2.24, 2.45) is 0 Å². The molecule has 1 fully saturated rings. The Kier molecular flexibility index (Phi) is 6.30. The number of esters is 1. The third-order valence-corrected chi connectivity index (χ3v) is 4.89. The number of hydrogen-bond acceptors (Lipinski definition) is 5. The number of nitrogens with one attached hydrogen (secondary N) is 1. The van der Waals surface area contributed by atoms with Crippen LogP contribution in [0, 0.1) is 0 Å². The number of carbonyl (C=O) groups is 4. The number of imide groups is 1. The largest absolute Gasteiger partial charge is 0.457 e. The fourth-order valence-electron chi connectivity index (χ4n) is 3.18. The summed E-state index contributed by atoms with van der Waals surface area (Å²) >= 11 is 0. The van der Waals surface area contributed by atoms with Gasteiger partial charge >= 0.3 is 12.0 Å². The summed E-state index contributed by atoms with van der Waals surface area (Å²) < 4.78 is 5.04. The van der Waals surface area contributed by atoms with E-state index in [4.69, 9.17) is 4.74 Å². The van der Waals surface area contributed by atoms with Gasteiger partial charge in [0.1, 0.15) is 5.54 Å². The molecule has 0 atom stereocenters. The topological polar surface area (TPSA) is 92.8 Å². The standard InChI is InChI=1S/C23H24N2O5/c1-23(2)21(28)25(22(29)24-23)14-6-9-20(27)30-15-19(26)18-12-10-17(11-13-18)16-7-4-3-5-8-16/h3-5,7-8,10-13H,6,9,14-15H2,1-2H3,(H,24,29). The molecule has 1 saturated heterocycles. The lowest BCUT2D eigenvalue weighted by atomic mass is 10.0. The van der Waals surface area contributed by atoms with E-state index in [1.54, 1.807) is 26.0 Å². The van der Waals surface area contributed by atoms with Gasteiger partial charge in [0, 0.05) is 18.5 Å². The van der Waals surface area contributed by atoms with Crippen LogP contribution in [0.5, 0.6) is 0 Å². The second-order valence-corrected chi connectivity index (χ2v) is 7.64. The molecule has 3 rings (SSSR count). The summed E-state index contributed by atoms with van der Waals surface area (Å²) in [6.45, 7) is 3.02. The Hall–Kier alpha value is -3.48. The van der Waals surface area contributed by atoms with Gasteiger partial charge in [-0.15, -0.1) is 0 Å². The molecule has 1 heterocycles. The molecule has 0 aliphatic carbocycles. The zero-order valence-corrected chi connectivity index (χ0v) is 17.0. The van der Waals surface area contributed by atoms with Crippen molar-refractivity contribution >= 4 is 23.7 Å². The van der Waals surface area contributed by atoms with Crippen LogP contribution < -0.4 is 5.32 Å². The molecular formula is C23H24N2O5. The highest BCUT2D eigenvalue weighted by molar-refractivity contribution is 6.06. The summed E-state index contributed by atoms with van der Waals surface area (Å²) in [6.07, 6.45) is 0.283. The zero-order chi connectivity index (χ0) is 21.7. The first-order chi connectivity index (χ1) is 14.3. The molecule has 2 aromatic carbocycles. The van der Waals surface area contributed by atoms with Crippen molar-refractivity contribution in [1.82, 2.24) is 10.2 Å². The molecular weight excluding hydrogens is 384 g/mol. The van der Waals surface area contributed by atoms with Crippen LogP contribution in [0.3, 0.4) is 0 Å². The minimum atomic E-state index is -0.930. The molecule has 1 aliphatic rings. The average molecular weight is 408 g/mol. The van der Waals surface area contributed by atoms with Gasteiger partial charge in [-0.25, -0.2) is 4.79 Å². The number of hydrogen-bond donors (Lipinski definition) is 1. The first kappa shape index (κ1) is 21.2. The Morgan fingerprint density at radius 3 is 2.20 bits per heavy atom. The first-order valence-corrected chi connectivity index (χ1v) is 9.76. The smallest absolute Gasteiger partial charge is 0.325 e. The van der Waals surface area contributed by atoms with Gasteiger partial charge in [-0.2, -0.15) is 0 Å². The van der Waals surface area contributed by atoms with Crippen LogP contribution >= 0.6 is 0 Å². The molecule has 0 unspecified atom stereocenters. The number of rotatable bonds is 8. The fourth-order valence-corrected chi connectivity index (χ4v) is 3.18. The molecule has 0 spiro atoms. The molecule has 30 heavy (non-hydrogen) atoms. The molecule has 7 nitrogen and oxygen atoms in total. The summed E-state index contributed by atoms with van der Waals surface area (Å²) in [4.78, 5) is 49.1. The molecule has 0 bridgehead atoms. The quantitative estimate of drug-likeness (QED) is 0.411. The van der Waals surface area contributed by atoms with Crippen LogP contribution in [0.4, 0.5) is 4.79 Å². The maximum Gasteiger partial charge on any atom is 0.325 e. The molecule has 1 aliphatic heterocycles. The van der Waals surface area contributed by atoms with Gasteiger partial charge in [0.2, 0.25) is 0 Å². The van der Waals surface area contributed by atoms with E-state index < -0.39 is 17.5 Å². The predicted octanol–water partition coefficient (Wildman–Crippen LogP) is 3.19. The van der Waals surface area contributed by atoms with Crippen molar-refractivity contribution in [3.05, 3.63) is 60.2 Å². The summed E-state index contributed by atoms with van der Waals surface area (Å²) in [6, 6.07) is 16.4. The predicted molar refractivity (Wildman–Crippen MR) is 111 cm³/mol. The van der Waals surface area contributed by atoms with E-state index in [2.05, 4.69) is 5.32 Å². The summed E-state index contributed by atoms with van der Waals surface area (Å²) in [7, 11) is 0.